The second kappa shape index (κ2) is 17.5. The number of amides is 2. The summed E-state index contributed by atoms with van der Waals surface area (Å²) >= 11 is 0. The molecule has 4 rings (SSSR count). The molecule has 0 spiro atoms. The van der Waals surface area contributed by atoms with Crippen molar-refractivity contribution in [2.24, 2.45) is 0 Å². The van der Waals surface area contributed by atoms with Gasteiger partial charge in [0.2, 0.25) is 5.88 Å². The number of anilines is 2. The molecule has 306 valence electrons. The van der Waals surface area contributed by atoms with Gasteiger partial charge < -0.3 is 29.0 Å². The van der Waals surface area contributed by atoms with Gasteiger partial charge in [-0.15, -0.1) is 0 Å². The summed E-state index contributed by atoms with van der Waals surface area (Å²) in [5, 5.41) is 18.6. The Morgan fingerprint density at radius 2 is 1.68 bits per heavy atom. The Morgan fingerprint density at radius 3 is 2.29 bits per heavy atom. The maximum absolute atomic E-state index is 15.8. The molecule has 0 aliphatic heterocycles. The Labute approximate surface area is 326 Å². The van der Waals surface area contributed by atoms with Gasteiger partial charge in [-0.05, 0) is 113 Å². The van der Waals surface area contributed by atoms with E-state index in [4.69, 9.17) is 28.8 Å². The molecule has 0 saturated heterocycles. The number of nitro benzene ring substituents is 1. The maximum Gasteiger partial charge on any atom is 0.514 e. The van der Waals surface area contributed by atoms with Gasteiger partial charge in [-0.25, -0.2) is 33.3 Å². The van der Waals surface area contributed by atoms with Gasteiger partial charge in [0.15, 0.2) is 5.82 Å². The third-order valence-corrected chi connectivity index (χ3v) is 8.31. The van der Waals surface area contributed by atoms with Gasteiger partial charge in [0.05, 0.1) is 34.6 Å². The van der Waals surface area contributed by atoms with Crippen LogP contribution in [0.15, 0.2) is 42.6 Å². The Hall–Kier alpha value is -5.48. The number of benzene rings is 1. The Morgan fingerprint density at radius 1 is 1.02 bits per heavy atom. The second-order valence-electron chi connectivity index (χ2n) is 16.7. The molecule has 3 aromatic rings. The topological polar surface area (TPSA) is 186 Å². The van der Waals surface area contributed by atoms with Crippen molar-refractivity contribution in [2.75, 3.05) is 11.5 Å². The summed E-state index contributed by atoms with van der Waals surface area (Å²) in [6.07, 6.45) is 0.745. The van der Waals surface area contributed by atoms with E-state index in [1.165, 1.54) is 30.3 Å². The van der Waals surface area contributed by atoms with Crippen molar-refractivity contribution < 1.29 is 47.4 Å². The van der Waals surface area contributed by atoms with E-state index in [0.717, 1.165) is 11.1 Å². The molecular formula is C39H53FN6O10. The fraction of sp³-hybridized carbons (Fsp3) is 0.564. The molecule has 1 N–H and O–H groups in total. The first-order chi connectivity index (χ1) is 26.0. The van der Waals surface area contributed by atoms with E-state index in [9.17, 15) is 24.5 Å². The number of halogens is 1. The van der Waals surface area contributed by atoms with Crippen molar-refractivity contribution in [3.63, 3.8) is 0 Å². The maximum atomic E-state index is 15.8. The van der Waals surface area contributed by atoms with E-state index in [0.29, 0.717) is 37.8 Å². The normalized spacial score (nSPS) is 16.4. The van der Waals surface area contributed by atoms with Gasteiger partial charge in [0.1, 0.15) is 28.9 Å². The van der Waals surface area contributed by atoms with E-state index in [-0.39, 0.29) is 47.4 Å². The Kier molecular flexibility index (Phi) is 13.5. The summed E-state index contributed by atoms with van der Waals surface area (Å²) < 4.78 is 45.2. The van der Waals surface area contributed by atoms with Crippen LogP contribution in [0.5, 0.6) is 11.6 Å². The number of rotatable bonds is 12. The number of ether oxygens (including phenoxy) is 5. The van der Waals surface area contributed by atoms with Crippen LogP contribution in [0.1, 0.15) is 113 Å². The average Bonchev–Trinajstić information content (AvgIpc) is 3.71. The third-order valence-electron chi connectivity index (χ3n) is 8.31. The van der Waals surface area contributed by atoms with Crippen LogP contribution in [0.3, 0.4) is 0 Å². The molecule has 0 bridgehead atoms. The zero-order chi connectivity index (χ0) is 41.6. The third kappa shape index (κ3) is 12.5. The zero-order valence-corrected chi connectivity index (χ0v) is 33.7. The van der Waals surface area contributed by atoms with Crippen molar-refractivity contribution in [1.29, 1.82) is 0 Å². The Bertz CT molecular complexity index is 1860. The highest BCUT2D eigenvalue weighted by atomic mass is 19.1. The molecule has 2 heterocycles. The van der Waals surface area contributed by atoms with E-state index in [1.807, 2.05) is 27.7 Å². The largest absolute Gasteiger partial charge is 0.514 e. The highest BCUT2D eigenvalue weighted by molar-refractivity contribution is 5.95. The fourth-order valence-electron chi connectivity index (χ4n) is 5.88. The second-order valence-corrected chi connectivity index (χ2v) is 16.7. The van der Waals surface area contributed by atoms with E-state index >= 15 is 4.39 Å². The summed E-state index contributed by atoms with van der Waals surface area (Å²) in [6.45, 7) is 18.2. The van der Waals surface area contributed by atoms with Crippen molar-refractivity contribution in [3.05, 3.63) is 64.2 Å². The van der Waals surface area contributed by atoms with Crippen LogP contribution in [-0.4, -0.2) is 68.0 Å². The quantitative estimate of drug-likeness (QED) is 0.0459. The van der Waals surface area contributed by atoms with Gasteiger partial charge >= 0.3 is 18.3 Å². The molecule has 2 amide bonds. The van der Waals surface area contributed by atoms with Crippen LogP contribution in [0.2, 0.25) is 0 Å². The molecule has 0 radical (unpaired) electrons. The lowest BCUT2D eigenvalue weighted by Crippen LogP contribution is -2.37. The highest BCUT2D eigenvalue weighted by Gasteiger charge is 2.37. The molecule has 3 atom stereocenters. The number of alkyl carbamates (subject to hydrolysis) is 1. The van der Waals surface area contributed by atoms with Crippen LogP contribution in [0.4, 0.5) is 36.0 Å². The molecule has 1 aliphatic carbocycles. The molecule has 1 aliphatic rings. The standard InChI is InChI=1S/C39H53FN6O10/c1-24(42-34(47)55-38(5,6)7)12-11-19-52-32-22-31(29(40)23-41-32)44(35(48)56-39(8,9)10)33-21-30(43-45(33)37(2,3)4)25-13-16-28(20-25)54-36(49)53-27-17-14-26(15-18-27)46(50)51/h14-15,17-18,21-25,28H,11-13,16,19-20H2,1-10H3,(H,42,47)/t24-,25-,28+/m0/s1. The fourth-order valence-corrected chi connectivity index (χ4v) is 5.88. The van der Waals surface area contributed by atoms with Crippen molar-refractivity contribution in [1.82, 2.24) is 20.1 Å². The van der Waals surface area contributed by atoms with Crippen LogP contribution >= 0.6 is 0 Å². The van der Waals surface area contributed by atoms with E-state index in [2.05, 4.69) is 10.3 Å². The summed E-state index contributed by atoms with van der Waals surface area (Å²) in [6, 6.07) is 7.90. The number of hydrogen-bond acceptors (Lipinski definition) is 12. The first kappa shape index (κ1) is 43.3. The van der Waals surface area contributed by atoms with Gasteiger partial charge in [-0.2, -0.15) is 5.10 Å². The minimum atomic E-state index is -0.945. The SMILES string of the molecule is C[C@@H](CCCOc1cc(N(C(=O)OC(C)(C)C)c2cc([C@H]3CC[C@@H](OC(=O)Oc4ccc([N+](=O)[O-])cc4)C3)nn2C(C)(C)C)c(F)cn1)NC(=O)OC(C)(C)C. The van der Waals surface area contributed by atoms with Gasteiger partial charge in [-0.3, -0.25) is 10.1 Å². The van der Waals surface area contributed by atoms with Crippen molar-refractivity contribution >= 4 is 35.5 Å². The number of nitrogens with one attached hydrogen (secondary N) is 1. The summed E-state index contributed by atoms with van der Waals surface area (Å²) in [4.78, 5) is 54.3. The summed E-state index contributed by atoms with van der Waals surface area (Å²) in [5.74, 6) is -0.584. The molecule has 0 unspecified atom stereocenters. The summed E-state index contributed by atoms with van der Waals surface area (Å²) in [7, 11) is 0. The lowest BCUT2D eigenvalue weighted by molar-refractivity contribution is -0.384. The van der Waals surface area contributed by atoms with Crippen LogP contribution in [-0.2, 0) is 19.7 Å². The summed E-state index contributed by atoms with van der Waals surface area (Å²) in [5.41, 5.74) is -1.95. The monoisotopic (exact) mass is 784 g/mol. The molecule has 1 fully saturated rings. The molecular weight excluding hydrogens is 731 g/mol. The first-order valence-corrected chi connectivity index (χ1v) is 18.5. The highest BCUT2D eigenvalue weighted by Crippen LogP contribution is 2.41. The lowest BCUT2D eigenvalue weighted by atomic mass is 10.0. The molecule has 17 heteroatoms. The van der Waals surface area contributed by atoms with E-state index < -0.39 is 51.9 Å². The number of carbonyl (C=O) groups excluding carboxylic acids is 3. The average molecular weight is 785 g/mol. The number of carbonyl (C=O) groups is 3. The number of pyridine rings is 1. The van der Waals surface area contributed by atoms with Gasteiger partial charge in [0.25, 0.3) is 5.69 Å². The molecule has 1 aromatic carbocycles. The smallest absolute Gasteiger partial charge is 0.478 e. The molecule has 2 aromatic heterocycles. The van der Waals surface area contributed by atoms with Gasteiger partial charge in [-0.1, -0.05) is 0 Å². The predicted molar refractivity (Wildman–Crippen MR) is 204 cm³/mol. The van der Waals surface area contributed by atoms with Crippen molar-refractivity contribution in [3.8, 4) is 11.6 Å². The lowest BCUT2D eigenvalue weighted by Gasteiger charge is -2.30. The van der Waals surface area contributed by atoms with Crippen LogP contribution in [0, 0.1) is 15.9 Å². The van der Waals surface area contributed by atoms with Gasteiger partial charge in [0, 0.05) is 36.2 Å². The molecule has 56 heavy (non-hydrogen) atoms. The minimum absolute atomic E-state index is 0.0705. The number of non-ortho nitro benzene ring substituents is 1. The van der Waals surface area contributed by atoms with E-state index in [1.54, 1.807) is 52.3 Å². The van der Waals surface area contributed by atoms with Crippen LogP contribution in [0.25, 0.3) is 0 Å². The molecule has 1 saturated carbocycles. The number of nitro groups is 1. The number of hydrogen-bond donors (Lipinski definition) is 1. The van der Waals surface area contributed by atoms with Crippen LogP contribution < -0.4 is 19.7 Å². The van der Waals surface area contributed by atoms with Crippen molar-refractivity contribution in [2.45, 2.75) is 136 Å². The minimum Gasteiger partial charge on any atom is -0.478 e. The number of nitrogens with zero attached hydrogens (tertiary/aromatic N) is 5. The number of aromatic nitrogens is 3. The first-order valence-electron chi connectivity index (χ1n) is 18.5. The Balaban J connectivity index is 1.53. The molecule has 16 nitrogen and oxygen atoms in total. The zero-order valence-electron chi connectivity index (χ0n) is 33.7. The predicted octanol–water partition coefficient (Wildman–Crippen LogP) is 9.08.